The van der Waals surface area contributed by atoms with Crippen molar-refractivity contribution in [1.29, 1.82) is 0 Å². The van der Waals surface area contributed by atoms with Crippen LogP contribution in [0.25, 0.3) is 0 Å². The molecule has 0 spiro atoms. The third kappa shape index (κ3) is 4.71. The van der Waals surface area contributed by atoms with Crippen LogP contribution in [0.4, 0.5) is 5.69 Å². The van der Waals surface area contributed by atoms with Gasteiger partial charge < -0.3 is 25.0 Å². The molecule has 1 aromatic rings. The average Bonchev–Trinajstić information content (AvgIpc) is 2.68. The second-order valence-electron chi connectivity index (χ2n) is 7.01. The molecule has 25 heavy (non-hydrogen) atoms. The van der Waals surface area contributed by atoms with E-state index in [9.17, 15) is 4.79 Å². The number of hydrogen-bond donors (Lipinski definition) is 2. The van der Waals surface area contributed by atoms with E-state index in [1.165, 1.54) is 0 Å². The number of nitrogens with zero attached hydrogens (tertiary/aromatic N) is 1. The Morgan fingerprint density at radius 2 is 1.92 bits per heavy atom. The topological polar surface area (TPSA) is 62.8 Å². The number of methoxy groups -OCH3 is 1. The zero-order valence-electron chi connectivity index (χ0n) is 15.1. The van der Waals surface area contributed by atoms with Crippen molar-refractivity contribution in [3.63, 3.8) is 0 Å². The summed E-state index contributed by atoms with van der Waals surface area (Å²) in [7, 11) is 1.73. The van der Waals surface area contributed by atoms with Crippen LogP contribution < -0.4 is 15.5 Å². The van der Waals surface area contributed by atoms with Crippen LogP contribution in [0.3, 0.4) is 0 Å². The first-order valence-corrected chi connectivity index (χ1v) is 9.13. The summed E-state index contributed by atoms with van der Waals surface area (Å²) >= 11 is 0. The molecule has 6 nitrogen and oxygen atoms in total. The van der Waals surface area contributed by atoms with Gasteiger partial charge in [0, 0.05) is 43.4 Å². The van der Waals surface area contributed by atoms with Crippen molar-refractivity contribution in [2.75, 3.05) is 64.6 Å². The van der Waals surface area contributed by atoms with Gasteiger partial charge in [0.15, 0.2) is 0 Å². The van der Waals surface area contributed by atoms with E-state index in [4.69, 9.17) is 9.47 Å². The zero-order valence-corrected chi connectivity index (χ0v) is 15.1. The van der Waals surface area contributed by atoms with E-state index in [1.54, 1.807) is 7.11 Å². The van der Waals surface area contributed by atoms with Gasteiger partial charge in [-0.2, -0.15) is 0 Å². The second-order valence-corrected chi connectivity index (χ2v) is 7.01. The molecule has 3 rings (SSSR count). The van der Waals surface area contributed by atoms with Crippen molar-refractivity contribution >= 4 is 11.6 Å². The highest BCUT2D eigenvalue weighted by atomic mass is 16.5. The molecule has 0 saturated carbocycles. The van der Waals surface area contributed by atoms with Crippen LogP contribution in [0, 0.1) is 5.41 Å². The lowest BCUT2D eigenvalue weighted by Gasteiger charge is -2.37. The quantitative estimate of drug-likeness (QED) is 0.811. The van der Waals surface area contributed by atoms with E-state index in [0.29, 0.717) is 18.7 Å². The van der Waals surface area contributed by atoms with E-state index >= 15 is 0 Å². The van der Waals surface area contributed by atoms with Crippen molar-refractivity contribution in [3.05, 3.63) is 29.8 Å². The molecule has 2 heterocycles. The van der Waals surface area contributed by atoms with Gasteiger partial charge in [0.25, 0.3) is 5.91 Å². The van der Waals surface area contributed by atoms with Crippen molar-refractivity contribution in [2.24, 2.45) is 5.41 Å². The molecule has 0 bridgehead atoms. The van der Waals surface area contributed by atoms with Gasteiger partial charge in [-0.3, -0.25) is 4.79 Å². The molecular weight excluding hydrogens is 318 g/mol. The van der Waals surface area contributed by atoms with Crippen LogP contribution in [0.1, 0.15) is 23.2 Å². The molecule has 0 atom stereocenters. The van der Waals surface area contributed by atoms with Crippen molar-refractivity contribution in [2.45, 2.75) is 12.8 Å². The monoisotopic (exact) mass is 347 g/mol. The highest BCUT2D eigenvalue weighted by molar-refractivity contribution is 5.94. The van der Waals surface area contributed by atoms with Crippen molar-refractivity contribution < 1.29 is 14.3 Å². The second kappa shape index (κ2) is 8.65. The van der Waals surface area contributed by atoms with Gasteiger partial charge >= 0.3 is 0 Å². The van der Waals surface area contributed by atoms with Gasteiger partial charge in [-0.05, 0) is 50.2 Å². The van der Waals surface area contributed by atoms with Crippen LogP contribution in [-0.2, 0) is 9.47 Å². The summed E-state index contributed by atoms with van der Waals surface area (Å²) < 4.78 is 10.8. The maximum atomic E-state index is 12.5. The van der Waals surface area contributed by atoms with Crippen molar-refractivity contribution in [1.82, 2.24) is 10.6 Å². The first-order chi connectivity index (χ1) is 12.2. The van der Waals surface area contributed by atoms with Gasteiger partial charge in [-0.1, -0.05) is 0 Å². The van der Waals surface area contributed by atoms with E-state index in [2.05, 4.69) is 15.5 Å². The summed E-state index contributed by atoms with van der Waals surface area (Å²) in [5.74, 6) is -0.0115. The fourth-order valence-corrected chi connectivity index (χ4v) is 3.65. The van der Waals surface area contributed by atoms with Crippen LogP contribution in [0.2, 0.25) is 0 Å². The van der Waals surface area contributed by atoms with Gasteiger partial charge in [0.05, 0.1) is 19.8 Å². The number of nitrogens with one attached hydrogen (secondary N) is 2. The lowest BCUT2D eigenvalue weighted by Crippen LogP contribution is -2.47. The molecule has 2 N–H and O–H groups in total. The molecule has 0 aromatic heterocycles. The first-order valence-electron chi connectivity index (χ1n) is 9.13. The van der Waals surface area contributed by atoms with E-state index in [1.807, 2.05) is 24.3 Å². The number of benzene rings is 1. The third-order valence-electron chi connectivity index (χ3n) is 5.24. The molecule has 0 unspecified atom stereocenters. The fourth-order valence-electron chi connectivity index (χ4n) is 3.65. The van der Waals surface area contributed by atoms with Crippen LogP contribution in [0.5, 0.6) is 0 Å². The first kappa shape index (κ1) is 18.2. The lowest BCUT2D eigenvalue weighted by molar-refractivity contribution is 0.0512. The normalized spacial score (nSPS) is 20.3. The Kier molecular flexibility index (Phi) is 6.29. The summed E-state index contributed by atoms with van der Waals surface area (Å²) in [5.41, 5.74) is 1.90. The van der Waals surface area contributed by atoms with E-state index in [-0.39, 0.29) is 11.3 Å². The number of carbonyl (C=O) groups excluding carboxylic acids is 1. The molecule has 0 radical (unpaired) electrons. The summed E-state index contributed by atoms with van der Waals surface area (Å²) in [4.78, 5) is 14.8. The van der Waals surface area contributed by atoms with Crippen LogP contribution in [-0.4, -0.2) is 65.6 Å². The Bertz CT molecular complexity index is 544. The molecule has 1 amide bonds. The maximum absolute atomic E-state index is 12.5. The van der Waals surface area contributed by atoms with Crippen LogP contribution in [0.15, 0.2) is 24.3 Å². The Balaban J connectivity index is 1.57. The van der Waals surface area contributed by atoms with Crippen LogP contribution >= 0.6 is 0 Å². The van der Waals surface area contributed by atoms with E-state index in [0.717, 1.165) is 57.9 Å². The summed E-state index contributed by atoms with van der Waals surface area (Å²) in [5, 5.41) is 6.49. The Labute approximate surface area is 149 Å². The molecule has 2 aliphatic rings. The summed E-state index contributed by atoms with van der Waals surface area (Å²) in [6.07, 6.45) is 2.05. The molecule has 6 heteroatoms. The minimum absolute atomic E-state index is 0.0115. The molecule has 138 valence electrons. The summed E-state index contributed by atoms with van der Waals surface area (Å²) in [6, 6.07) is 7.86. The minimum Gasteiger partial charge on any atom is -0.384 e. The smallest absolute Gasteiger partial charge is 0.251 e. The van der Waals surface area contributed by atoms with Gasteiger partial charge in [-0.15, -0.1) is 0 Å². The maximum Gasteiger partial charge on any atom is 0.251 e. The molecule has 2 aliphatic heterocycles. The third-order valence-corrected chi connectivity index (χ3v) is 5.24. The molecule has 2 saturated heterocycles. The standard InChI is InChI=1S/C19H29N3O3/c1-24-15-19(6-8-20-9-7-19)14-21-18(23)16-2-4-17(5-3-16)22-10-12-25-13-11-22/h2-5,20H,6-15H2,1H3,(H,21,23). The molecule has 1 aromatic carbocycles. The van der Waals surface area contributed by atoms with E-state index < -0.39 is 0 Å². The lowest BCUT2D eigenvalue weighted by atomic mass is 9.79. The van der Waals surface area contributed by atoms with Gasteiger partial charge in [0.2, 0.25) is 0 Å². The number of piperidine rings is 1. The molecule has 2 fully saturated rings. The number of anilines is 1. The number of hydrogen-bond acceptors (Lipinski definition) is 5. The van der Waals surface area contributed by atoms with Gasteiger partial charge in [-0.25, -0.2) is 0 Å². The largest absolute Gasteiger partial charge is 0.384 e. The Morgan fingerprint density at radius 1 is 1.24 bits per heavy atom. The number of amides is 1. The van der Waals surface area contributed by atoms with Gasteiger partial charge in [0.1, 0.15) is 0 Å². The zero-order chi connectivity index (χ0) is 17.5. The Morgan fingerprint density at radius 3 is 2.56 bits per heavy atom. The highest BCUT2D eigenvalue weighted by Crippen LogP contribution is 2.28. The Hall–Kier alpha value is -1.63. The minimum atomic E-state index is -0.0115. The SMILES string of the molecule is COCC1(CNC(=O)c2ccc(N3CCOCC3)cc2)CCNCC1. The van der Waals surface area contributed by atoms with Crippen molar-refractivity contribution in [3.8, 4) is 0 Å². The predicted octanol–water partition coefficient (Wildman–Crippen LogP) is 1.27. The number of ether oxygens (including phenoxy) is 2. The fraction of sp³-hybridized carbons (Fsp3) is 0.632. The molecular formula is C19H29N3O3. The number of morpholine rings is 1. The molecule has 0 aliphatic carbocycles. The predicted molar refractivity (Wildman–Crippen MR) is 98.2 cm³/mol. The summed E-state index contributed by atoms with van der Waals surface area (Å²) in [6.45, 7) is 6.63. The number of carbonyl (C=O) groups is 1. The average molecular weight is 347 g/mol. The number of rotatable bonds is 6. The highest BCUT2D eigenvalue weighted by Gasteiger charge is 2.32.